The van der Waals surface area contributed by atoms with Gasteiger partial charge in [-0.3, -0.25) is 0 Å². The van der Waals surface area contributed by atoms with E-state index in [9.17, 15) is 21.6 Å². The zero-order valence-corrected chi connectivity index (χ0v) is 16.9. The third kappa shape index (κ3) is 4.80. The van der Waals surface area contributed by atoms with E-state index >= 15 is 0 Å². The highest BCUT2D eigenvalue weighted by atomic mass is 35.5. The summed E-state index contributed by atoms with van der Waals surface area (Å²) in [6.45, 7) is 1.39. The predicted octanol–water partition coefficient (Wildman–Crippen LogP) is 4.50. The number of imidazole rings is 1. The number of aromatic amines is 1. The molecule has 2 aromatic carbocycles. The maximum absolute atomic E-state index is 13.6. The molecule has 1 aromatic heterocycles. The van der Waals surface area contributed by atoms with Crippen LogP contribution in [0.3, 0.4) is 0 Å². The summed E-state index contributed by atoms with van der Waals surface area (Å²) in [4.78, 5) is 6.97. The molecule has 0 saturated heterocycles. The molecule has 0 aliphatic rings. The standard InChI is InChI=1S/C19H16ClF3N2O3S/c1-10-19(29(2,26)27)25-18(24-10)17(12-4-6-14(21)13(20)8-12)28-9-11-3-5-15(22)16(23)7-11/h3-8,17H,9H2,1-2H3,(H,24,25)/t17-/m1/s1. The van der Waals surface area contributed by atoms with E-state index in [1.807, 2.05) is 0 Å². The van der Waals surface area contributed by atoms with Crippen molar-refractivity contribution in [2.75, 3.05) is 6.26 Å². The van der Waals surface area contributed by atoms with Crippen molar-refractivity contribution in [1.29, 1.82) is 0 Å². The van der Waals surface area contributed by atoms with Gasteiger partial charge in [-0.1, -0.05) is 23.7 Å². The van der Waals surface area contributed by atoms with Crippen LogP contribution in [0.1, 0.15) is 28.7 Å². The monoisotopic (exact) mass is 444 g/mol. The first-order valence-corrected chi connectivity index (χ1v) is 10.6. The third-order valence-corrected chi connectivity index (χ3v) is 5.49. The lowest BCUT2D eigenvalue weighted by atomic mass is 10.1. The molecule has 3 rings (SSSR count). The average molecular weight is 445 g/mol. The Kier molecular flexibility index (Phi) is 6.02. The van der Waals surface area contributed by atoms with E-state index in [4.69, 9.17) is 16.3 Å². The van der Waals surface area contributed by atoms with E-state index in [0.29, 0.717) is 16.8 Å². The number of hydrogen-bond donors (Lipinski definition) is 1. The molecule has 0 saturated carbocycles. The first kappa shape index (κ1) is 21.4. The van der Waals surface area contributed by atoms with Gasteiger partial charge in [-0.2, -0.15) is 0 Å². The second-order valence-corrected chi connectivity index (χ2v) is 8.78. The Morgan fingerprint density at radius 3 is 2.38 bits per heavy atom. The maximum atomic E-state index is 13.6. The second kappa shape index (κ2) is 8.17. The van der Waals surface area contributed by atoms with Gasteiger partial charge in [-0.25, -0.2) is 26.6 Å². The van der Waals surface area contributed by atoms with Crippen molar-refractivity contribution >= 4 is 21.4 Å². The van der Waals surface area contributed by atoms with E-state index in [1.54, 1.807) is 0 Å². The summed E-state index contributed by atoms with van der Waals surface area (Å²) >= 11 is 5.86. The van der Waals surface area contributed by atoms with Gasteiger partial charge < -0.3 is 9.72 Å². The summed E-state index contributed by atoms with van der Waals surface area (Å²) in [5.74, 6) is -2.51. The Labute approximate surface area is 170 Å². The van der Waals surface area contributed by atoms with Gasteiger partial charge in [0.15, 0.2) is 26.5 Å². The van der Waals surface area contributed by atoms with Crippen molar-refractivity contribution in [3.8, 4) is 0 Å². The fraction of sp³-hybridized carbons (Fsp3) is 0.211. The topological polar surface area (TPSA) is 72.0 Å². The largest absolute Gasteiger partial charge is 0.361 e. The minimum absolute atomic E-state index is 0.146. The Morgan fingerprint density at radius 2 is 1.79 bits per heavy atom. The van der Waals surface area contributed by atoms with Crippen molar-refractivity contribution < 1.29 is 26.3 Å². The molecule has 154 valence electrons. The molecule has 1 N–H and O–H groups in total. The van der Waals surface area contributed by atoms with Gasteiger partial charge in [0, 0.05) is 6.26 Å². The van der Waals surface area contributed by atoms with Crippen LogP contribution in [0.25, 0.3) is 0 Å². The fourth-order valence-corrected chi connectivity index (χ4v) is 3.83. The Bertz CT molecular complexity index is 1170. The number of nitrogens with zero attached hydrogens (tertiary/aromatic N) is 1. The lowest BCUT2D eigenvalue weighted by Crippen LogP contribution is -2.09. The van der Waals surface area contributed by atoms with Crippen LogP contribution in [0.5, 0.6) is 0 Å². The van der Waals surface area contributed by atoms with Crippen LogP contribution in [-0.2, 0) is 21.2 Å². The lowest BCUT2D eigenvalue weighted by Gasteiger charge is -2.17. The number of sulfone groups is 1. The van der Waals surface area contributed by atoms with Crippen LogP contribution >= 0.6 is 11.6 Å². The number of benzene rings is 2. The van der Waals surface area contributed by atoms with Gasteiger partial charge >= 0.3 is 0 Å². The average Bonchev–Trinajstić information content (AvgIpc) is 3.03. The number of H-pyrrole nitrogens is 1. The number of nitrogens with one attached hydrogen (secondary N) is 1. The van der Waals surface area contributed by atoms with Gasteiger partial charge in [0.2, 0.25) is 0 Å². The SMILES string of the molecule is Cc1[nH]c([C@H](OCc2ccc(F)c(F)c2)c2ccc(F)c(Cl)c2)nc1S(C)(=O)=O. The van der Waals surface area contributed by atoms with E-state index in [1.165, 1.54) is 25.1 Å². The number of aryl methyl sites for hydroxylation is 1. The molecule has 0 bridgehead atoms. The summed E-state index contributed by atoms with van der Waals surface area (Å²) in [7, 11) is -3.60. The molecule has 3 aromatic rings. The molecule has 0 radical (unpaired) electrons. The highest BCUT2D eigenvalue weighted by Crippen LogP contribution is 2.30. The molecule has 0 aliphatic heterocycles. The zero-order chi connectivity index (χ0) is 21.3. The summed E-state index contributed by atoms with van der Waals surface area (Å²) in [6.07, 6.45) is 0.0571. The van der Waals surface area contributed by atoms with Gasteiger partial charge in [0.1, 0.15) is 17.7 Å². The van der Waals surface area contributed by atoms with Crippen molar-refractivity contribution in [2.45, 2.75) is 24.7 Å². The summed E-state index contributed by atoms with van der Waals surface area (Å²) < 4.78 is 69.8. The molecule has 0 unspecified atom stereocenters. The molecule has 29 heavy (non-hydrogen) atoms. The molecular formula is C19H16ClF3N2O3S. The normalized spacial score (nSPS) is 12.9. The molecule has 10 heteroatoms. The first-order chi connectivity index (χ1) is 13.6. The van der Waals surface area contributed by atoms with Crippen molar-refractivity contribution in [2.24, 2.45) is 0 Å². The first-order valence-electron chi connectivity index (χ1n) is 8.33. The Morgan fingerprint density at radius 1 is 1.10 bits per heavy atom. The number of ether oxygens (including phenoxy) is 1. The smallest absolute Gasteiger partial charge is 0.194 e. The van der Waals surface area contributed by atoms with Gasteiger partial charge in [0.25, 0.3) is 0 Å². The quantitative estimate of drug-likeness (QED) is 0.607. The zero-order valence-electron chi connectivity index (χ0n) is 15.3. The molecule has 0 fully saturated rings. The summed E-state index contributed by atoms with van der Waals surface area (Å²) in [5, 5.41) is -0.308. The highest BCUT2D eigenvalue weighted by Gasteiger charge is 2.24. The van der Waals surface area contributed by atoms with Crippen LogP contribution in [0.4, 0.5) is 13.2 Å². The molecule has 0 aliphatic carbocycles. The minimum atomic E-state index is -3.60. The van der Waals surface area contributed by atoms with Crippen LogP contribution in [0.2, 0.25) is 5.02 Å². The fourth-order valence-electron chi connectivity index (χ4n) is 2.77. The van der Waals surface area contributed by atoms with Gasteiger partial charge in [-0.05, 0) is 42.3 Å². The third-order valence-electron chi connectivity index (χ3n) is 4.11. The molecule has 0 spiro atoms. The van der Waals surface area contributed by atoms with Crippen LogP contribution in [0.15, 0.2) is 41.4 Å². The second-order valence-electron chi connectivity index (χ2n) is 6.44. The molecule has 0 amide bonds. The molecule has 1 heterocycles. The van der Waals surface area contributed by atoms with Gasteiger partial charge in [-0.15, -0.1) is 0 Å². The van der Waals surface area contributed by atoms with Crippen LogP contribution in [-0.4, -0.2) is 24.6 Å². The Balaban J connectivity index is 1.99. The number of hydrogen-bond acceptors (Lipinski definition) is 4. The van der Waals surface area contributed by atoms with Crippen molar-refractivity contribution in [1.82, 2.24) is 9.97 Å². The van der Waals surface area contributed by atoms with E-state index in [-0.39, 0.29) is 22.5 Å². The van der Waals surface area contributed by atoms with Crippen molar-refractivity contribution in [3.63, 3.8) is 0 Å². The number of halogens is 4. The van der Waals surface area contributed by atoms with Crippen LogP contribution < -0.4 is 0 Å². The van der Waals surface area contributed by atoms with E-state index in [2.05, 4.69) is 9.97 Å². The molecule has 5 nitrogen and oxygen atoms in total. The molecular weight excluding hydrogens is 429 g/mol. The number of rotatable bonds is 6. The number of aromatic nitrogens is 2. The minimum Gasteiger partial charge on any atom is -0.361 e. The predicted molar refractivity (Wildman–Crippen MR) is 101 cm³/mol. The van der Waals surface area contributed by atoms with Gasteiger partial charge in [0.05, 0.1) is 17.3 Å². The van der Waals surface area contributed by atoms with E-state index < -0.39 is 33.4 Å². The van der Waals surface area contributed by atoms with E-state index in [0.717, 1.165) is 24.5 Å². The molecule has 1 atom stereocenters. The summed E-state index contributed by atoms with van der Waals surface area (Å²) in [5.41, 5.74) is 1.04. The Hall–Kier alpha value is -2.36. The maximum Gasteiger partial charge on any atom is 0.194 e. The van der Waals surface area contributed by atoms with Crippen molar-refractivity contribution in [3.05, 3.63) is 81.5 Å². The lowest BCUT2D eigenvalue weighted by molar-refractivity contribution is 0.0611. The van der Waals surface area contributed by atoms with Crippen LogP contribution in [0, 0.1) is 24.4 Å². The summed E-state index contributed by atoms with van der Waals surface area (Å²) in [6, 6.07) is 7.18. The highest BCUT2D eigenvalue weighted by molar-refractivity contribution is 7.90.